The molecule has 8 nitrogen and oxygen atoms in total. The molecule has 0 radical (unpaired) electrons. The van der Waals surface area contributed by atoms with Gasteiger partial charge in [0.1, 0.15) is 6.61 Å². The van der Waals surface area contributed by atoms with Crippen LogP contribution in [-0.4, -0.2) is 56.5 Å². The van der Waals surface area contributed by atoms with E-state index in [-0.39, 0.29) is 40.7 Å². The lowest BCUT2D eigenvalue weighted by Gasteiger charge is -2.33. The van der Waals surface area contributed by atoms with E-state index in [4.69, 9.17) is 14.0 Å². The van der Waals surface area contributed by atoms with Crippen molar-refractivity contribution in [1.29, 1.82) is 0 Å². The second-order valence-corrected chi connectivity index (χ2v) is 6.02. The number of benzene rings is 1. The molecule has 2 saturated heterocycles. The van der Waals surface area contributed by atoms with Crippen molar-refractivity contribution in [2.75, 3.05) is 42.6 Å². The smallest absolute Gasteiger partial charge is 0.415 e. The summed E-state index contributed by atoms with van der Waals surface area (Å²) in [7, 11) is 0. The highest BCUT2D eigenvalue weighted by Gasteiger charge is 2.32. The molecule has 2 aromatic rings. The highest BCUT2D eigenvalue weighted by atomic mass is 19.1. The van der Waals surface area contributed by atoms with E-state index in [0.717, 1.165) is 0 Å². The zero-order valence-electron chi connectivity index (χ0n) is 14.7. The summed E-state index contributed by atoms with van der Waals surface area (Å²) in [5.74, 6) is -0.513. The number of aromatic nitrogens is 1. The Morgan fingerprint density at radius 3 is 2.74 bits per heavy atom. The zero-order valence-corrected chi connectivity index (χ0v) is 14.7. The van der Waals surface area contributed by atoms with Gasteiger partial charge in [-0.15, -0.1) is 12.8 Å². The molecule has 0 saturated carbocycles. The van der Waals surface area contributed by atoms with Gasteiger partial charge in [-0.3, -0.25) is 9.69 Å². The Bertz CT molecular complexity index is 894. The molecule has 4 rings (SSSR count). The first-order valence-corrected chi connectivity index (χ1v) is 8.31. The van der Waals surface area contributed by atoms with Gasteiger partial charge in [0.2, 0.25) is 5.58 Å². The minimum atomic E-state index is -0.667. The molecule has 2 aliphatic heterocycles. The van der Waals surface area contributed by atoms with Gasteiger partial charge in [-0.05, 0) is 13.0 Å². The van der Waals surface area contributed by atoms with Gasteiger partial charge in [0.25, 0.3) is 0 Å². The van der Waals surface area contributed by atoms with Crippen molar-refractivity contribution >= 4 is 34.9 Å². The molecule has 0 spiro atoms. The van der Waals surface area contributed by atoms with E-state index in [2.05, 4.69) is 18.0 Å². The summed E-state index contributed by atoms with van der Waals surface area (Å²) in [5.41, 5.74) is 0.259. The van der Waals surface area contributed by atoms with Gasteiger partial charge in [-0.25, -0.2) is 9.18 Å². The molecular formula is C18H18FN3O5. The Kier molecular flexibility index (Phi) is 5.28. The number of nitrogens with zero attached hydrogens (tertiary/aromatic N) is 3. The number of terminal acetylenes is 1. The summed E-state index contributed by atoms with van der Waals surface area (Å²) in [6, 6.07) is 1.50. The van der Waals surface area contributed by atoms with Crippen LogP contribution in [0.2, 0.25) is 0 Å². The third-order valence-electron chi connectivity index (χ3n) is 4.39. The van der Waals surface area contributed by atoms with Gasteiger partial charge in [0.15, 0.2) is 17.9 Å². The molecule has 0 N–H and O–H groups in total. The molecule has 1 atom stereocenters. The molecule has 1 aromatic heterocycles. The van der Waals surface area contributed by atoms with Gasteiger partial charge < -0.3 is 18.9 Å². The lowest BCUT2D eigenvalue weighted by Crippen LogP contribution is -2.42. The van der Waals surface area contributed by atoms with Crippen LogP contribution in [-0.2, 0) is 9.47 Å². The predicted octanol–water partition coefficient (Wildman–Crippen LogP) is 2.21. The number of halogens is 1. The Morgan fingerprint density at radius 2 is 2.11 bits per heavy atom. The lowest BCUT2D eigenvalue weighted by molar-refractivity contribution is 0.0529. The standard InChI is InChI=1S/C16H16FN3O5.C2H2/c1-9-7-19(2-4-23-9)13-10(8-21)6-11-14(12(13)17)25-18-15(11)20-3-5-24-16(20)22;1-2/h6,8-9H,2-5,7H2,1H3;1-2H. The summed E-state index contributed by atoms with van der Waals surface area (Å²) in [6.45, 7) is 3.77. The number of carbonyl (C=O) groups excluding carboxylic acids is 2. The predicted molar refractivity (Wildman–Crippen MR) is 95.6 cm³/mol. The number of rotatable bonds is 3. The SMILES string of the molecule is C#C.CC1CN(c2c(C=O)cc3c(N4CCOC4=O)noc3c2F)CCO1. The molecule has 142 valence electrons. The fraction of sp³-hybridized carbons (Fsp3) is 0.389. The Hall–Kier alpha value is -3.12. The van der Waals surface area contributed by atoms with Crippen LogP contribution in [0.5, 0.6) is 0 Å². The van der Waals surface area contributed by atoms with E-state index in [0.29, 0.717) is 32.5 Å². The van der Waals surface area contributed by atoms with E-state index in [1.54, 1.807) is 4.90 Å². The van der Waals surface area contributed by atoms with Crippen molar-refractivity contribution in [2.24, 2.45) is 0 Å². The molecule has 1 amide bonds. The highest BCUT2D eigenvalue weighted by Crippen LogP contribution is 2.36. The van der Waals surface area contributed by atoms with Crippen molar-refractivity contribution in [3.8, 4) is 12.8 Å². The Morgan fingerprint density at radius 1 is 1.33 bits per heavy atom. The van der Waals surface area contributed by atoms with E-state index < -0.39 is 11.9 Å². The van der Waals surface area contributed by atoms with Crippen LogP contribution in [0.25, 0.3) is 11.0 Å². The molecule has 1 unspecified atom stereocenters. The third-order valence-corrected chi connectivity index (χ3v) is 4.39. The van der Waals surface area contributed by atoms with Crippen LogP contribution < -0.4 is 9.80 Å². The summed E-state index contributed by atoms with van der Waals surface area (Å²) in [6.07, 6.45) is 7.94. The fourth-order valence-corrected chi connectivity index (χ4v) is 3.25. The van der Waals surface area contributed by atoms with Crippen molar-refractivity contribution in [3.63, 3.8) is 0 Å². The normalized spacial score (nSPS) is 19.6. The quantitative estimate of drug-likeness (QED) is 0.601. The largest absolute Gasteiger partial charge is 0.447 e. The van der Waals surface area contributed by atoms with Crippen LogP contribution in [0.1, 0.15) is 17.3 Å². The number of hydrogen-bond donors (Lipinski definition) is 0. The van der Waals surface area contributed by atoms with Crippen molar-refractivity contribution in [2.45, 2.75) is 13.0 Å². The van der Waals surface area contributed by atoms with Crippen molar-refractivity contribution < 1.29 is 28.0 Å². The maximum atomic E-state index is 15.1. The molecule has 0 aliphatic carbocycles. The number of anilines is 2. The molecule has 2 fully saturated rings. The first-order valence-electron chi connectivity index (χ1n) is 8.31. The third kappa shape index (κ3) is 3.19. The molecular weight excluding hydrogens is 357 g/mol. The fourth-order valence-electron chi connectivity index (χ4n) is 3.25. The van der Waals surface area contributed by atoms with Crippen molar-refractivity contribution in [1.82, 2.24) is 5.16 Å². The van der Waals surface area contributed by atoms with Crippen LogP contribution >= 0.6 is 0 Å². The van der Waals surface area contributed by atoms with Gasteiger partial charge in [-0.1, -0.05) is 5.16 Å². The molecule has 1 aromatic carbocycles. The number of carbonyl (C=O) groups is 2. The summed E-state index contributed by atoms with van der Waals surface area (Å²) >= 11 is 0. The minimum Gasteiger partial charge on any atom is -0.447 e. The molecule has 9 heteroatoms. The van der Waals surface area contributed by atoms with E-state index in [9.17, 15) is 9.59 Å². The minimum absolute atomic E-state index is 0.0759. The van der Waals surface area contributed by atoms with Crippen LogP contribution in [0.4, 0.5) is 20.7 Å². The number of ether oxygens (including phenoxy) is 2. The maximum absolute atomic E-state index is 15.1. The van der Waals surface area contributed by atoms with Crippen molar-refractivity contribution in [3.05, 3.63) is 17.4 Å². The number of cyclic esters (lactones) is 1. The molecule has 3 heterocycles. The molecule has 27 heavy (non-hydrogen) atoms. The number of fused-ring (bicyclic) bond motifs is 1. The topological polar surface area (TPSA) is 85.1 Å². The van der Waals surface area contributed by atoms with Gasteiger partial charge in [-0.2, -0.15) is 0 Å². The molecule has 2 aliphatic rings. The lowest BCUT2D eigenvalue weighted by atomic mass is 10.1. The summed E-state index contributed by atoms with van der Waals surface area (Å²) in [5, 5.41) is 4.08. The van der Waals surface area contributed by atoms with E-state index in [1.165, 1.54) is 11.0 Å². The first-order chi connectivity index (χ1) is 13.1. The van der Waals surface area contributed by atoms with E-state index >= 15 is 4.39 Å². The maximum Gasteiger partial charge on any atom is 0.415 e. The number of morpholine rings is 1. The average Bonchev–Trinajstić information content (AvgIpc) is 3.29. The second-order valence-electron chi connectivity index (χ2n) is 6.02. The van der Waals surface area contributed by atoms with Gasteiger partial charge >= 0.3 is 6.09 Å². The van der Waals surface area contributed by atoms with Crippen LogP contribution in [0, 0.1) is 18.7 Å². The number of aldehydes is 1. The van der Waals surface area contributed by atoms with Gasteiger partial charge in [0.05, 0.1) is 30.3 Å². The van der Waals surface area contributed by atoms with Crippen LogP contribution in [0.3, 0.4) is 0 Å². The zero-order chi connectivity index (χ0) is 19.6. The summed E-state index contributed by atoms with van der Waals surface area (Å²) in [4.78, 5) is 26.4. The highest BCUT2D eigenvalue weighted by molar-refractivity contribution is 6.03. The monoisotopic (exact) mass is 375 g/mol. The number of amides is 1. The van der Waals surface area contributed by atoms with E-state index in [1.807, 2.05) is 6.92 Å². The van der Waals surface area contributed by atoms with Crippen LogP contribution in [0.15, 0.2) is 10.6 Å². The Balaban J connectivity index is 0.00000102. The second kappa shape index (κ2) is 7.63. The van der Waals surface area contributed by atoms with Gasteiger partial charge in [0, 0.05) is 18.7 Å². The average molecular weight is 375 g/mol. The summed E-state index contributed by atoms with van der Waals surface area (Å²) < 4.78 is 30.6. The first kappa shape index (κ1) is 18.7. The molecule has 0 bridgehead atoms. The number of hydrogen-bond acceptors (Lipinski definition) is 7. The Labute approximate surface area is 154 Å².